The van der Waals surface area contributed by atoms with Crippen LogP contribution in [0.5, 0.6) is 0 Å². The van der Waals surface area contributed by atoms with E-state index in [2.05, 4.69) is 10.3 Å². The second-order valence-electron chi connectivity index (χ2n) is 7.56. The molecule has 7 heteroatoms. The standard InChI is InChI=1S/C24H21F2N3O2/c25-19-8-6-17(7-9-19)24(31)29-14-21(18-4-1-5-20(26)11-18)22(15-29)23(30)28-13-16-3-2-10-27-12-16/h1-12,21-22H,13-15H2,(H,28,30). The van der Waals surface area contributed by atoms with Gasteiger partial charge in [-0.25, -0.2) is 8.78 Å². The van der Waals surface area contributed by atoms with Crippen LogP contribution < -0.4 is 5.32 Å². The van der Waals surface area contributed by atoms with Crippen molar-refractivity contribution in [2.24, 2.45) is 5.92 Å². The lowest BCUT2D eigenvalue weighted by molar-refractivity contribution is -0.125. The Bertz CT molecular complexity index is 1070. The lowest BCUT2D eigenvalue weighted by Gasteiger charge is -2.18. The van der Waals surface area contributed by atoms with E-state index in [1.807, 2.05) is 6.07 Å². The average molecular weight is 421 g/mol. The molecule has 2 atom stereocenters. The van der Waals surface area contributed by atoms with Gasteiger partial charge in [-0.15, -0.1) is 0 Å². The molecule has 1 N–H and O–H groups in total. The first-order chi connectivity index (χ1) is 15.0. The third-order valence-electron chi connectivity index (χ3n) is 5.50. The SMILES string of the molecule is O=C(NCc1cccnc1)C1CN(C(=O)c2ccc(F)cc2)CC1c1cccc(F)c1. The molecule has 3 aromatic rings. The van der Waals surface area contributed by atoms with E-state index in [0.29, 0.717) is 17.7 Å². The number of carbonyl (C=O) groups excluding carboxylic acids is 2. The molecule has 0 radical (unpaired) electrons. The monoisotopic (exact) mass is 421 g/mol. The number of pyridine rings is 1. The van der Waals surface area contributed by atoms with Gasteiger partial charge >= 0.3 is 0 Å². The molecule has 0 spiro atoms. The number of rotatable bonds is 5. The van der Waals surface area contributed by atoms with E-state index in [1.165, 1.54) is 36.4 Å². The summed E-state index contributed by atoms with van der Waals surface area (Å²) in [6, 6.07) is 15.0. The minimum Gasteiger partial charge on any atom is -0.352 e. The molecule has 2 aromatic carbocycles. The smallest absolute Gasteiger partial charge is 0.253 e. The molecule has 5 nitrogen and oxygen atoms in total. The minimum atomic E-state index is -0.539. The Balaban J connectivity index is 1.55. The predicted molar refractivity (Wildman–Crippen MR) is 111 cm³/mol. The molecule has 0 saturated carbocycles. The first-order valence-electron chi connectivity index (χ1n) is 9.98. The Kier molecular flexibility index (Phi) is 6.02. The second kappa shape index (κ2) is 9.04. The molecule has 1 aromatic heterocycles. The quantitative estimate of drug-likeness (QED) is 0.686. The lowest BCUT2D eigenvalue weighted by Crippen LogP contribution is -2.35. The van der Waals surface area contributed by atoms with Gasteiger partial charge in [0.15, 0.2) is 0 Å². The average Bonchev–Trinajstić information content (AvgIpc) is 3.24. The minimum absolute atomic E-state index is 0.191. The van der Waals surface area contributed by atoms with Gasteiger partial charge in [-0.2, -0.15) is 0 Å². The van der Waals surface area contributed by atoms with Gasteiger partial charge in [-0.3, -0.25) is 14.6 Å². The van der Waals surface area contributed by atoms with E-state index in [9.17, 15) is 18.4 Å². The summed E-state index contributed by atoms with van der Waals surface area (Å²) < 4.78 is 27.1. The van der Waals surface area contributed by atoms with E-state index in [0.717, 1.165) is 5.56 Å². The maximum absolute atomic E-state index is 13.9. The van der Waals surface area contributed by atoms with Crippen molar-refractivity contribution in [3.05, 3.63) is 101 Å². The topological polar surface area (TPSA) is 62.3 Å². The Morgan fingerprint density at radius 2 is 1.81 bits per heavy atom. The number of halogens is 2. The van der Waals surface area contributed by atoms with E-state index in [1.54, 1.807) is 35.5 Å². The maximum atomic E-state index is 13.9. The molecule has 1 aliphatic rings. The highest BCUT2D eigenvalue weighted by Crippen LogP contribution is 2.34. The van der Waals surface area contributed by atoms with E-state index < -0.39 is 17.6 Å². The number of hydrogen-bond acceptors (Lipinski definition) is 3. The van der Waals surface area contributed by atoms with Crippen molar-refractivity contribution in [2.75, 3.05) is 13.1 Å². The summed E-state index contributed by atoms with van der Waals surface area (Å²) in [6.45, 7) is 0.770. The van der Waals surface area contributed by atoms with Crippen molar-refractivity contribution < 1.29 is 18.4 Å². The van der Waals surface area contributed by atoms with Gasteiger partial charge in [-0.1, -0.05) is 18.2 Å². The first kappa shape index (κ1) is 20.7. The van der Waals surface area contributed by atoms with Crippen LogP contribution in [0.3, 0.4) is 0 Å². The van der Waals surface area contributed by atoms with E-state index in [4.69, 9.17) is 0 Å². The van der Waals surface area contributed by atoms with Gasteiger partial charge in [0.05, 0.1) is 5.92 Å². The van der Waals surface area contributed by atoms with Crippen LogP contribution >= 0.6 is 0 Å². The zero-order valence-corrected chi connectivity index (χ0v) is 16.7. The summed E-state index contributed by atoms with van der Waals surface area (Å²) >= 11 is 0. The summed E-state index contributed by atoms with van der Waals surface area (Å²) in [4.78, 5) is 31.6. The number of benzene rings is 2. The molecule has 2 heterocycles. The summed E-state index contributed by atoms with van der Waals surface area (Å²) in [7, 11) is 0. The Morgan fingerprint density at radius 3 is 2.52 bits per heavy atom. The molecule has 1 aliphatic heterocycles. The molecular weight excluding hydrogens is 400 g/mol. The molecule has 31 heavy (non-hydrogen) atoms. The third-order valence-corrected chi connectivity index (χ3v) is 5.50. The zero-order chi connectivity index (χ0) is 21.8. The largest absolute Gasteiger partial charge is 0.352 e. The fourth-order valence-corrected chi connectivity index (χ4v) is 3.91. The molecule has 0 aliphatic carbocycles. The van der Waals surface area contributed by atoms with Gasteiger partial charge < -0.3 is 10.2 Å². The highest BCUT2D eigenvalue weighted by Gasteiger charge is 2.40. The molecule has 2 amide bonds. The summed E-state index contributed by atoms with van der Waals surface area (Å²) in [6.07, 6.45) is 3.32. The van der Waals surface area contributed by atoms with Crippen molar-refractivity contribution >= 4 is 11.8 Å². The number of nitrogens with zero attached hydrogens (tertiary/aromatic N) is 2. The van der Waals surface area contributed by atoms with Crippen LogP contribution in [0.1, 0.15) is 27.4 Å². The highest BCUT2D eigenvalue weighted by atomic mass is 19.1. The second-order valence-corrected chi connectivity index (χ2v) is 7.56. The third kappa shape index (κ3) is 4.77. The Labute approximate surface area is 178 Å². The van der Waals surface area contributed by atoms with Crippen LogP contribution in [0, 0.1) is 17.6 Å². The summed E-state index contributed by atoms with van der Waals surface area (Å²) in [5.74, 6) is -2.22. The van der Waals surface area contributed by atoms with Crippen molar-refractivity contribution in [3.8, 4) is 0 Å². The molecule has 158 valence electrons. The van der Waals surface area contributed by atoms with Gasteiger partial charge in [0.2, 0.25) is 5.91 Å². The highest BCUT2D eigenvalue weighted by molar-refractivity contribution is 5.95. The molecule has 1 fully saturated rings. The van der Waals surface area contributed by atoms with Crippen molar-refractivity contribution in [1.29, 1.82) is 0 Å². The van der Waals surface area contributed by atoms with Crippen molar-refractivity contribution in [3.63, 3.8) is 0 Å². The number of likely N-dealkylation sites (tertiary alicyclic amines) is 1. The zero-order valence-electron chi connectivity index (χ0n) is 16.7. The van der Waals surface area contributed by atoms with Crippen LogP contribution in [0.15, 0.2) is 73.1 Å². The molecule has 1 saturated heterocycles. The molecule has 2 unspecified atom stereocenters. The van der Waals surface area contributed by atoms with Crippen LogP contribution in [0.2, 0.25) is 0 Å². The molecule has 0 bridgehead atoms. The lowest BCUT2D eigenvalue weighted by atomic mass is 9.88. The number of hydrogen-bond donors (Lipinski definition) is 1. The van der Waals surface area contributed by atoms with Crippen molar-refractivity contribution in [1.82, 2.24) is 15.2 Å². The van der Waals surface area contributed by atoms with Gasteiger partial charge in [0.1, 0.15) is 11.6 Å². The molecule has 4 rings (SSSR count). The van der Waals surface area contributed by atoms with Crippen LogP contribution in [0.25, 0.3) is 0 Å². The van der Waals surface area contributed by atoms with Gasteiger partial charge in [0.25, 0.3) is 5.91 Å². The number of carbonyl (C=O) groups is 2. The van der Waals surface area contributed by atoms with E-state index in [-0.39, 0.29) is 30.8 Å². The summed E-state index contributed by atoms with van der Waals surface area (Å²) in [5, 5.41) is 2.90. The normalized spacial score (nSPS) is 18.1. The van der Waals surface area contributed by atoms with Crippen LogP contribution in [0.4, 0.5) is 8.78 Å². The number of amides is 2. The van der Waals surface area contributed by atoms with E-state index >= 15 is 0 Å². The number of nitrogens with one attached hydrogen (secondary N) is 1. The Morgan fingerprint density at radius 1 is 1.00 bits per heavy atom. The maximum Gasteiger partial charge on any atom is 0.253 e. The van der Waals surface area contributed by atoms with Gasteiger partial charge in [-0.05, 0) is 53.6 Å². The van der Waals surface area contributed by atoms with Crippen LogP contribution in [-0.4, -0.2) is 34.8 Å². The summed E-state index contributed by atoms with van der Waals surface area (Å²) in [5.41, 5.74) is 1.86. The fourth-order valence-electron chi connectivity index (χ4n) is 3.91. The van der Waals surface area contributed by atoms with Gasteiger partial charge in [0, 0.05) is 43.5 Å². The first-order valence-corrected chi connectivity index (χ1v) is 9.98. The predicted octanol–water partition coefficient (Wildman–Crippen LogP) is 3.53. The fraction of sp³-hybridized carbons (Fsp3) is 0.208. The number of aromatic nitrogens is 1. The Hall–Kier alpha value is -3.61. The molecular formula is C24H21F2N3O2. The van der Waals surface area contributed by atoms with Crippen LogP contribution in [-0.2, 0) is 11.3 Å². The van der Waals surface area contributed by atoms with Crippen molar-refractivity contribution in [2.45, 2.75) is 12.5 Å².